The van der Waals surface area contributed by atoms with Crippen LogP contribution in [0.2, 0.25) is 0 Å². The van der Waals surface area contributed by atoms with E-state index in [1.165, 1.54) is 6.33 Å². The Balaban J connectivity index is 1.63. The van der Waals surface area contributed by atoms with E-state index in [-0.39, 0.29) is 11.9 Å². The Hall–Kier alpha value is -3.03. The lowest BCUT2D eigenvalue weighted by Crippen LogP contribution is -2.38. The second kappa shape index (κ2) is 6.23. The van der Waals surface area contributed by atoms with Crippen molar-refractivity contribution in [3.63, 3.8) is 0 Å². The van der Waals surface area contributed by atoms with Gasteiger partial charge in [0.1, 0.15) is 12.7 Å². The molecule has 1 amide bonds. The molecule has 0 bridgehead atoms. The molecule has 0 saturated carbocycles. The van der Waals surface area contributed by atoms with Crippen LogP contribution in [0.25, 0.3) is 5.82 Å². The number of nitrogens with zero attached hydrogens (tertiary/aromatic N) is 6. The van der Waals surface area contributed by atoms with Gasteiger partial charge in [0.25, 0.3) is 5.91 Å². The third kappa shape index (κ3) is 2.66. The summed E-state index contributed by atoms with van der Waals surface area (Å²) in [4.78, 5) is 23.1. The van der Waals surface area contributed by atoms with Gasteiger partial charge in [0.15, 0.2) is 5.82 Å². The fraction of sp³-hybridized carbons (Fsp3) is 0.312. The molecule has 3 aromatic rings. The summed E-state index contributed by atoms with van der Waals surface area (Å²) in [5, 5.41) is 10.9. The first-order valence-corrected chi connectivity index (χ1v) is 7.93. The van der Waals surface area contributed by atoms with Crippen LogP contribution in [0.3, 0.4) is 0 Å². The first kappa shape index (κ1) is 14.6. The Morgan fingerprint density at radius 3 is 3.08 bits per heavy atom. The molecule has 1 unspecified atom stereocenters. The molecule has 1 N–H and O–H groups in total. The fourth-order valence-electron chi connectivity index (χ4n) is 3.13. The number of carbonyl (C=O) groups excluding carboxylic acids is 1. The van der Waals surface area contributed by atoms with E-state index in [2.05, 4.69) is 25.3 Å². The number of carbonyl (C=O) groups is 1. The van der Waals surface area contributed by atoms with Gasteiger partial charge in [-0.1, -0.05) is 0 Å². The Morgan fingerprint density at radius 1 is 1.33 bits per heavy atom. The molecule has 0 spiro atoms. The highest BCUT2D eigenvalue weighted by Gasteiger charge is 2.29. The van der Waals surface area contributed by atoms with E-state index in [1.54, 1.807) is 35.5 Å². The summed E-state index contributed by atoms with van der Waals surface area (Å²) in [6, 6.07) is 3.55. The van der Waals surface area contributed by atoms with Crippen molar-refractivity contribution < 1.29 is 4.79 Å². The monoisotopic (exact) mass is 323 g/mol. The van der Waals surface area contributed by atoms with Gasteiger partial charge in [-0.15, -0.1) is 0 Å². The minimum absolute atomic E-state index is 0.00432. The number of pyridine rings is 1. The van der Waals surface area contributed by atoms with Crippen molar-refractivity contribution in [3.8, 4) is 5.82 Å². The van der Waals surface area contributed by atoms with E-state index >= 15 is 0 Å². The summed E-state index contributed by atoms with van der Waals surface area (Å²) in [7, 11) is 0. The summed E-state index contributed by atoms with van der Waals surface area (Å²) >= 11 is 0. The van der Waals surface area contributed by atoms with Crippen LogP contribution in [0.5, 0.6) is 0 Å². The smallest absolute Gasteiger partial charge is 0.254 e. The molecule has 1 fully saturated rings. The summed E-state index contributed by atoms with van der Waals surface area (Å²) in [5.41, 5.74) is 1.65. The summed E-state index contributed by atoms with van der Waals surface area (Å²) < 4.78 is 1.54. The van der Waals surface area contributed by atoms with Crippen molar-refractivity contribution in [2.24, 2.45) is 0 Å². The van der Waals surface area contributed by atoms with Gasteiger partial charge in [-0.3, -0.25) is 9.89 Å². The van der Waals surface area contributed by atoms with E-state index in [4.69, 9.17) is 0 Å². The molecule has 1 aliphatic rings. The van der Waals surface area contributed by atoms with Crippen molar-refractivity contribution in [2.45, 2.75) is 25.3 Å². The highest BCUT2D eigenvalue weighted by atomic mass is 16.2. The van der Waals surface area contributed by atoms with Gasteiger partial charge in [0.05, 0.1) is 12.2 Å². The number of amides is 1. The molecule has 0 aromatic carbocycles. The van der Waals surface area contributed by atoms with Crippen LogP contribution in [0.1, 0.15) is 41.2 Å². The van der Waals surface area contributed by atoms with Gasteiger partial charge in [0.2, 0.25) is 0 Å². The average Bonchev–Trinajstić information content (AvgIpc) is 3.35. The number of H-pyrrole nitrogens is 1. The molecule has 1 atom stereocenters. The average molecular weight is 323 g/mol. The van der Waals surface area contributed by atoms with E-state index in [9.17, 15) is 4.79 Å². The van der Waals surface area contributed by atoms with E-state index < -0.39 is 0 Å². The molecule has 1 aliphatic heterocycles. The second-order valence-corrected chi connectivity index (χ2v) is 5.78. The van der Waals surface area contributed by atoms with Crippen LogP contribution < -0.4 is 0 Å². The third-order valence-corrected chi connectivity index (χ3v) is 4.31. The molecule has 3 aromatic heterocycles. The largest absolute Gasteiger partial charge is 0.331 e. The van der Waals surface area contributed by atoms with Gasteiger partial charge in [-0.05, 0) is 31.4 Å². The number of rotatable bonds is 3. The lowest BCUT2D eigenvalue weighted by Gasteiger charge is -2.35. The maximum atomic E-state index is 13.0. The van der Waals surface area contributed by atoms with Crippen LogP contribution in [-0.2, 0) is 0 Å². The number of hydrogen-bond acceptors (Lipinski definition) is 5. The first-order valence-electron chi connectivity index (χ1n) is 7.93. The lowest BCUT2D eigenvalue weighted by atomic mass is 9.96. The zero-order chi connectivity index (χ0) is 16.4. The molecule has 122 valence electrons. The van der Waals surface area contributed by atoms with Crippen molar-refractivity contribution in [2.75, 3.05) is 6.54 Å². The summed E-state index contributed by atoms with van der Waals surface area (Å²) in [6.45, 7) is 0.746. The van der Waals surface area contributed by atoms with Gasteiger partial charge < -0.3 is 4.90 Å². The van der Waals surface area contributed by atoms with Gasteiger partial charge in [-0.25, -0.2) is 14.6 Å². The van der Waals surface area contributed by atoms with Crippen LogP contribution in [0, 0.1) is 0 Å². The topological polar surface area (TPSA) is 92.6 Å². The van der Waals surface area contributed by atoms with Crippen LogP contribution in [-0.4, -0.2) is 47.3 Å². The quantitative estimate of drug-likeness (QED) is 0.792. The summed E-state index contributed by atoms with van der Waals surface area (Å²) in [6.07, 6.45) is 11.4. The predicted molar refractivity (Wildman–Crippen MR) is 85.4 cm³/mol. The van der Waals surface area contributed by atoms with Crippen molar-refractivity contribution in [1.82, 2.24) is 34.8 Å². The molecule has 8 nitrogen and oxygen atoms in total. The first-order chi connectivity index (χ1) is 11.8. The number of aromatic nitrogens is 6. The van der Waals surface area contributed by atoms with Crippen LogP contribution >= 0.6 is 0 Å². The number of likely N-dealkylation sites (tertiary alicyclic amines) is 1. The van der Waals surface area contributed by atoms with Crippen molar-refractivity contribution in [3.05, 3.63) is 54.5 Å². The molecule has 24 heavy (non-hydrogen) atoms. The minimum atomic E-state index is 0.00432. The van der Waals surface area contributed by atoms with Crippen molar-refractivity contribution >= 4 is 5.91 Å². The molecule has 0 aliphatic carbocycles. The standard InChI is InChI=1S/C16H17N7O/c24-16(12-4-5-18-15(7-12)23-11-17-10-21-23)22-6-2-1-3-14(22)13-8-19-20-9-13/h4-5,7-11,14H,1-3,6H2,(H,19,20). The minimum Gasteiger partial charge on any atom is -0.331 e. The number of piperidine rings is 1. The second-order valence-electron chi connectivity index (χ2n) is 5.78. The Kier molecular flexibility index (Phi) is 3.78. The maximum Gasteiger partial charge on any atom is 0.254 e. The molecule has 1 saturated heterocycles. The Bertz CT molecular complexity index is 813. The zero-order valence-electron chi connectivity index (χ0n) is 13.0. The van der Waals surface area contributed by atoms with E-state index in [0.717, 1.165) is 31.4 Å². The van der Waals surface area contributed by atoms with Crippen LogP contribution in [0.4, 0.5) is 0 Å². The van der Waals surface area contributed by atoms with Crippen molar-refractivity contribution in [1.29, 1.82) is 0 Å². The fourth-order valence-corrected chi connectivity index (χ4v) is 3.13. The molecule has 4 heterocycles. The number of nitrogens with one attached hydrogen (secondary N) is 1. The van der Waals surface area contributed by atoms with Gasteiger partial charge in [-0.2, -0.15) is 10.2 Å². The molecular formula is C16H17N7O. The van der Waals surface area contributed by atoms with E-state index in [1.807, 2.05) is 11.1 Å². The predicted octanol–water partition coefficient (Wildman–Crippen LogP) is 1.75. The maximum absolute atomic E-state index is 13.0. The van der Waals surface area contributed by atoms with Gasteiger partial charge >= 0.3 is 0 Å². The van der Waals surface area contributed by atoms with E-state index in [0.29, 0.717) is 11.4 Å². The Labute approximate surface area is 138 Å². The zero-order valence-corrected chi connectivity index (χ0v) is 13.0. The highest BCUT2D eigenvalue weighted by molar-refractivity contribution is 5.94. The summed E-state index contributed by atoms with van der Waals surface area (Å²) in [5.74, 6) is 0.583. The molecule has 8 heteroatoms. The number of aromatic amines is 1. The SMILES string of the molecule is O=C(c1ccnc(-n2cncn2)c1)N1CCCCC1c1cn[nH]c1. The molecule has 4 rings (SSSR count). The Morgan fingerprint density at radius 2 is 2.29 bits per heavy atom. The lowest BCUT2D eigenvalue weighted by molar-refractivity contribution is 0.0611. The van der Waals surface area contributed by atoms with Gasteiger partial charge in [0, 0.05) is 30.1 Å². The normalized spacial score (nSPS) is 17.8. The molecular weight excluding hydrogens is 306 g/mol. The van der Waals surface area contributed by atoms with Crippen LogP contribution in [0.15, 0.2) is 43.4 Å². The number of hydrogen-bond donors (Lipinski definition) is 1. The molecule has 0 radical (unpaired) electrons. The highest BCUT2D eigenvalue weighted by Crippen LogP contribution is 2.31. The third-order valence-electron chi connectivity index (χ3n) is 4.31.